The Morgan fingerprint density at radius 1 is 1.05 bits per heavy atom. The molecule has 0 unspecified atom stereocenters. The topological polar surface area (TPSA) is 51.2 Å². The molecule has 0 spiro atoms. The molecule has 0 radical (unpaired) electrons. The van der Waals surface area contributed by atoms with Gasteiger partial charge in [-0.05, 0) is 31.2 Å². The van der Waals surface area contributed by atoms with E-state index in [9.17, 15) is 13.2 Å². The van der Waals surface area contributed by atoms with Gasteiger partial charge in [-0.15, -0.1) is 0 Å². The summed E-state index contributed by atoms with van der Waals surface area (Å²) in [6.45, 7) is 1.84. The highest BCUT2D eigenvalue weighted by Gasteiger charge is 2.21. The number of sulfone groups is 1. The van der Waals surface area contributed by atoms with Gasteiger partial charge in [-0.1, -0.05) is 47.0 Å². The third kappa shape index (κ3) is 3.84. The van der Waals surface area contributed by atoms with Gasteiger partial charge in [-0.3, -0.25) is 4.79 Å². The fourth-order valence-corrected chi connectivity index (χ4v) is 3.44. The van der Waals surface area contributed by atoms with E-state index >= 15 is 0 Å². The molecule has 0 aliphatic heterocycles. The Morgan fingerprint density at radius 2 is 1.76 bits per heavy atom. The van der Waals surface area contributed by atoms with Crippen molar-refractivity contribution in [2.75, 3.05) is 5.75 Å². The lowest BCUT2D eigenvalue weighted by atomic mass is 10.1. The Balaban J connectivity index is 2.29. The first-order chi connectivity index (χ1) is 9.79. The number of carbonyl (C=O) groups excluding carboxylic acids is 1. The lowest BCUT2D eigenvalue weighted by Gasteiger charge is -2.06. The second-order valence-corrected chi connectivity index (χ2v) is 7.43. The van der Waals surface area contributed by atoms with Gasteiger partial charge in [0.05, 0.1) is 14.9 Å². The zero-order valence-electron chi connectivity index (χ0n) is 11.1. The molecule has 0 fully saturated rings. The molecule has 6 heteroatoms. The van der Waals surface area contributed by atoms with E-state index in [-0.39, 0.29) is 14.9 Å². The van der Waals surface area contributed by atoms with E-state index in [1.807, 2.05) is 13.0 Å². The number of carbonyl (C=O) groups is 1. The lowest BCUT2D eigenvalue weighted by molar-refractivity contribution is 0.102. The number of Topliss-reactive ketones (excluding diaryl/α,β-unsaturated/α-hetero) is 1. The summed E-state index contributed by atoms with van der Waals surface area (Å²) >= 11 is 11.6. The molecule has 0 heterocycles. The largest absolute Gasteiger partial charge is 0.293 e. The van der Waals surface area contributed by atoms with Crippen molar-refractivity contribution >= 4 is 38.8 Å². The van der Waals surface area contributed by atoms with Crippen molar-refractivity contribution in [2.24, 2.45) is 0 Å². The average Bonchev–Trinajstić information content (AvgIpc) is 2.41. The minimum Gasteiger partial charge on any atom is -0.293 e. The molecule has 21 heavy (non-hydrogen) atoms. The predicted molar refractivity (Wildman–Crippen MR) is 84.0 cm³/mol. The van der Waals surface area contributed by atoms with Gasteiger partial charge in [0.2, 0.25) is 0 Å². The fourth-order valence-electron chi connectivity index (χ4n) is 1.83. The van der Waals surface area contributed by atoms with Gasteiger partial charge in [0.1, 0.15) is 5.75 Å². The highest BCUT2D eigenvalue weighted by atomic mass is 35.5. The Morgan fingerprint density at radius 3 is 2.38 bits per heavy atom. The maximum Gasteiger partial charge on any atom is 0.185 e. The van der Waals surface area contributed by atoms with Crippen LogP contribution in [0.15, 0.2) is 47.4 Å². The molecule has 2 aromatic rings. The summed E-state index contributed by atoms with van der Waals surface area (Å²) < 4.78 is 24.5. The summed E-state index contributed by atoms with van der Waals surface area (Å²) in [5, 5.41) is 0.404. The Kier molecular flexibility index (Phi) is 4.71. The van der Waals surface area contributed by atoms with Crippen molar-refractivity contribution in [1.29, 1.82) is 0 Å². The van der Waals surface area contributed by atoms with Gasteiger partial charge in [0, 0.05) is 5.56 Å². The first kappa shape index (κ1) is 16.0. The summed E-state index contributed by atoms with van der Waals surface area (Å²) in [5.74, 6) is -1.06. The van der Waals surface area contributed by atoms with Crippen LogP contribution in [0.1, 0.15) is 15.9 Å². The number of rotatable bonds is 4. The third-order valence-electron chi connectivity index (χ3n) is 2.91. The monoisotopic (exact) mass is 342 g/mol. The molecule has 0 N–H and O–H groups in total. The lowest BCUT2D eigenvalue weighted by Crippen LogP contribution is -2.16. The van der Waals surface area contributed by atoms with E-state index < -0.39 is 21.4 Å². The molecule has 2 rings (SSSR count). The second-order valence-electron chi connectivity index (χ2n) is 4.63. The fraction of sp³-hybridized carbons (Fsp3) is 0.133. The zero-order valence-corrected chi connectivity index (χ0v) is 13.5. The van der Waals surface area contributed by atoms with Crippen molar-refractivity contribution in [1.82, 2.24) is 0 Å². The van der Waals surface area contributed by atoms with Crippen molar-refractivity contribution in [3.63, 3.8) is 0 Å². The van der Waals surface area contributed by atoms with Gasteiger partial charge >= 0.3 is 0 Å². The summed E-state index contributed by atoms with van der Waals surface area (Å²) in [6.07, 6.45) is 0. The normalized spacial score (nSPS) is 11.4. The van der Waals surface area contributed by atoms with E-state index in [1.165, 1.54) is 18.2 Å². The quantitative estimate of drug-likeness (QED) is 0.790. The van der Waals surface area contributed by atoms with Crippen LogP contribution >= 0.6 is 23.2 Å². The molecule has 0 saturated heterocycles. The second kappa shape index (κ2) is 6.18. The number of benzene rings is 2. The number of hydrogen-bond acceptors (Lipinski definition) is 3. The molecular formula is C15H12Cl2O3S. The molecule has 0 aliphatic carbocycles. The smallest absolute Gasteiger partial charge is 0.185 e. The number of hydrogen-bond donors (Lipinski definition) is 0. The molecule has 110 valence electrons. The minimum absolute atomic E-state index is 0.0158. The highest BCUT2D eigenvalue weighted by Crippen LogP contribution is 2.25. The van der Waals surface area contributed by atoms with Crippen molar-refractivity contribution in [2.45, 2.75) is 11.8 Å². The van der Waals surface area contributed by atoms with Gasteiger partial charge in [-0.25, -0.2) is 8.42 Å². The highest BCUT2D eigenvalue weighted by molar-refractivity contribution is 7.92. The van der Waals surface area contributed by atoms with Gasteiger partial charge in [0.25, 0.3) is 0 Å². The van der Waals surface area contributed by atoms with Gasteiger partial charge in [-0.2, -0.15) is 0 Å². The van der Waals surface area contributed by atoms with E-state index in [4.69, 9.17) is 23.2 Å². The van der Waals surface area contributed by atoms with Crippen molar-refractivity contribution < 1.29 is 13.2 Å². The molecule has 0 aliphatic rings. The van der Waals surface area contributed by atoms with Gasteiger partial charge < -0.3 is 0 Å². The molecule has 0 aromatic heterocycles. The predicted octanol–water partition coefficient (Wildman–Crippen LogP) is 3.96. The van der Waals surface area contributed by atoms with Crippen LogP contribution in [0.25, 0.3) is 0 Å². The van der Waals surface area contributed by atoms with Gasteiger partial charge in [0.15, 0.2) is 15.6 Å². The maximum atomic E-state index is 12.2. The Hall–Kier alpha value is -1.36. The van der Waals surface area contributed by atoms with Crippen LogP contribution in [0.4, 0.5) is 0 Å². The van der Waals surface area contributed by atoms with Crippen LogP contribution < -0.4 is 0 Å². The number of ketones is 1. The van der Waals surface area contributed by atoms with Crippen LogP contribution in [-0.2, 0) is 9.84 Å². The number of aryl methyl sites for hydroxylation is 1. The van der Waals surface area contributed by atoms with Crippen molar-refractivity contribution in [3.05, 3.63) is 63.6 Å². The van der Waals surface area contributed by atoms with E-state index in [1.54, 1.807) is 18.2 Å². The first-order valence-corrected chi connectivity index (χ1v) is 8.48. The molecule has 0 amide bonds. The van der Waals surface area contributed by atoms with Crippen LogP contribution in [0, 0.1) is 6.92 Å². The Bertz CT molecular complexity index is 798. The maximum absolute atomic E-state index is 12.2. The molecule has 2 aromatic carbocycles. The summed E-state index contributed by atoms with van der Waals surface area (Å²) in [5.41, 5.74) is 1.27. The minimum atomic E-state index is -3.75. The third-order valence-corrected chi connectivity index (χ3v) is 5.26. The molecule has 0 saturated carbocycles. The van der Waals surface area contributed by atoms with Crippen LogP contribution in [0.2, 0.25) is 10.0 Å². The summed E-state index contributed by atoms with van der Waals surface area (Å²) in [6, 6.07) is 10.8. The SMILES string of the molecule is Cc1cccc(C(=O)CS(=O)(=O)c2ccc(Cl)c(Cl)c2)c1. The zero-order chi connectivity index (χ0) is 15.6. The Labute approximate surface area is 133 Å². The molecule has 0 atom stereocenters. The van der Waals surface area contributed by atoms with E-state index in [0.29, 0.717) is 5.56 Å². The van der Waals surface area contributed by atoms with E-state index in [0.717, 1.165) is 5.56 Å². The van der Waals surface area contributed by atoms with Crippen LogP contribution in [0.5, 0.6) is 0 Å². The molecule has 3 nitrogen and oxygen atoms in total. The number of halogens is 2. The average molecular weight is 343 g/mol. The molecule has 0 bridgehead atoms. The first-order valence-electron chi connectivity index (χ1n) is 6.07. The summed E-state index contributed by atoms with van der Waals surface area (Å²) in [4.78, 5) is 12.1. The molecular weight excluding hydrogens is 331 g/mol. The van der Waals surface area contributed by atoms with Crippen LogP contribution in [0.3, 0.4) is 0 Å². The van der Waals surface area contributed by atoms with E-state index in [2.05, 4.69) is 0 Å². The summed E-state index contributed by atoms with van der Waals surface area (Å²) in [7, 11) is -3.75. The van der Waals surface area contributed by atoms with Crippen LogP contribution in [-0.4, -0.2) is 20.0 Å². The van der Waals surface area contributed by atoms with Crippen molar-refractivity contribution in [3.8, 4) is 0 Å². The standard InChI is InChI=1S/C15H12Cl2O3S/c1-10-3-2-4-11(7-10)15(18)9-21(19,20)12-5-6-13(16)14(17)8-12/h2-8H,9H2,1H3.